The van der Waals surface area contributed by atoms with Crippen molar-refractivity contribution in [2.45, 2.75) is 187 Å². The Balaban J connectivity index is 1.94. The van der Waals surface area contributed by atoms with Gasteiger partial charge in [0.25, 0.3) is 0 Å². The predicted molar refractivity (Wildman–Crippen MR) is 222 cm³/mol. The largest absolute Gasteiger partial charge is 0.457 e. The van der Waals surface area contributed by atoms with Crippen molar-refractivity contribution in [3.63, 3.8) is 0 Å². The Bertz CT molecular complexity index is 1630. The van der Waals surface area contributed by atoms with Gasteiger partial charge in [-0.05, 0) is 93.0 Å². The molecule has 0 spiro atoms. The van der Waals surface area contributed by atoms with E-state index in [1.165, 1.54) is 19.3 Å². The number of furan rings is 1. The quantitative estimate of drug-likeness (QED) is 0.103. The van der Waals surface area contributed by atoms with E-state index in [4.69, 9.17) is 31.9 Å². The maximum absolute atomic E-state index is 16.6. The number of ketones is 1. The minimum absolute atomic E-state index is 0.0413. The fraction of sp³-hybridized carbons (Fsp3) is 0.786. The van der Waals surface area contributed by atoms with Crippen molar-refractivity contribution < 1.29 is 51.4 Å². The van der Waals surface area contributed by atoms with Gasteiger partial charge in [-0.3, -0.25) is 9.59 Å². The molecule has 2 saturated carbocycles. The second kappa shape index (κ2) is 15.9. The number of Topliss-reactive ketones (excluding diaryl/α,β-unsaturated/α-hetero) is 1. The first-order chi connectivity index (χ1) is 26.0. The number of fused-ring (bicyclic) bond motifs is 5. The van der Waals surface area contributed by atoms with Crippen LogP contribution in [-0.4, -0.2) is 96.1 Å². The zero-order chi connectivity index (χ0) is 41.9. The molecule has 9 atom stereocenters. The molecule has 1 unspecified atom stereocenters. The van der Waals surface area contributed by atoms with Crippen molar-refractivity contribution in [1.82, 2.24) is 0 Å². The average molecular weight is 835 g/mol. The second-order valence-electron chi connectivity index (χ2n) is 18.7. The Hall–Kier alpha value is -1.92. The lowest BCUT2D eigenvalue weighted by molar-refractivity contribution is -0.344. The summed E-state index contributed by atoms with van der Waals surface area (Å²) in [7, 11) is -7.29. The van der Waals surface area contributed by atoms with Crippen molar-refractivity contribution in [3.8, 4) is 0 Å². The van der Waals surface area contributed by atoms with Crippen molar-refractivity contribution in [1.29, 1.82) is 0 Å². The van der Waals surface area contributed by atoms with Crippen molar-refractivity contribution >= 4 is 42.7 Å². The molecule has 5 rings (SSSR count). The maximum atomic E-state index is 16.6. The van der Waals surface area contributed by atoms with Crippen LogP contribution in [0, 0.1) is 16.7 Å². The minimum Gasteiger partial charge on any atom is -0.457 e. The highest BCUT2D eigenvalue weighted by Crippen LogP contribution is 2.65. The number of aliphatic hydroxyl groups is 1. The molecule has 4 aliphatic rings. The van der Waals surface area contributed by atoms with Crippen molar-refractivity contribution in [2.24, 2.45) is 16.7 Å². The smallest absolute Gasteiger partial charge is 0.374 e. The molecule has 2 bridgehead atoms. The summed E-state index contributed by atoms with van der Waals surface area (Å²) in [5.74, 6) is -2.72. The Labute approximate surface area is 338 Å². The number of carbonyl (C=O) groups excluding carboxylic acids is 3. The first kappa shape index (κ1) is 45.2. The zero-order valence-corrected chi connectivity index (χ0v) is 39.6. The highest BCUT2D eigenvalue weighted by molar-refractivity contribution is 6.74. The molecule has 2 heterocycles. The predicted octanol–water partition coefficient (Wildman–Crippen LogP) is 8.59. The lowest BCUT2D eigenvalue weighted by atomic mass is 9.44. The summed E-state index contributed by atoms with van der Waals surface area (Å²) in [5.41, 5.74) is -4.49. The van der Waals surface area contributed by atoms with E-state index >= 15 is 4.79 Å². The molecule has 1 aromatic rings. The van der Waals surface area contributed by atoms with Crippen molar-refractivity contribution in [3.05, 3.63) is 35.3 Å². The van der Waals surface area contributed by atoms with Crippen molar-refractivity contribution in [2.75, 3.05) is 6.61 Å². The number of hydrogen-bond donors (Lipinski definition) is 1. The highest BCUT2D eigenvalue weighted by Gasteiger charge is 2.78. The van der Waals surface area contributed by atoms with Gasteiger partial charge in [0.1, 0.15) is 23.9 Å². The Kier molecular flexibility index (Phi) is 12.8. The molecule has 3 aliphatic carbocycles. The topological polar surface area (TPSA) is 140 Å². The Morgan fingerprint density at radius 3 is 1.95 bits per heavy atom. The summed E-state index contributed by atoms with van der Waals surface area (Å²) in [6.07, 6.45) is -2.76. The zero-order valence-electron chi connectivity index (χ0n) is 36.6. The van der Waals surface area contributed by atoms with Crippen LogP contribution >= 0.6 is 0 Å². The van der Waals surface area contributed by atoms with Gasteiger partial charge in [0.2, 0.25) is 5.76 Å². The fourth-order valence-corrected chi connectivity index (χ4v) is 17.6. The number of hydrogen-bond acceptors (Lipinski definition) is 11. The van der Waals surface area contributed by atoms with Crippen LogP contribution in [0.15, 0.2) is 34.0 Å². The SMILES string of the molecule is CC[Si](CC)(CC)O[C@H]1C(=O)[C@@]2(C)C([C@H](OC(=O)c3ccco3)[C@]3(O)C[C@H](O[Si](C)(C)C)C(C)=C1C3(C)C)[C@]1(OC(C)=O)CO[C@@H]1C[C@@H]2O[Si](CC)(CC)CC. The summed E-state index contributed by atoms with van der Waals surface area (Å²) in [6, 6.07) is 7.99. The minimum atomic E-state index is -2.56. The number of rotatable bonds is 15. The van der Waals surface area contributed by atoms with E-state index < -0.39 is 95.4 Å². The highest BCUT2D eigenvalue weighted by atomic mass is 28.4. The number of carbonyl (C=O) groups is 3. The third-order valence-corrected chi connectivity index (χ3v) is 24.9. The van der Waals surface area contributed by atoms with Gasteiger partial charge < -0.3 is 37.0 Å². The van der Waals surface area contributed by atoms with E-state index in [1.807, 2.05) is 27.7 Å². The van der Waals surface area contributed by atoms with Gasteiger partial charge in [-0.1, -0.05) is 55.4 Å². The molecule has 1 saturated heterocycles. The molecule has 0 amide bonds. The van der Waals surface area contributed by atoms with E-state index in [-0.39, 0.29) is 31.0 Å². The van der Waals surface area contributed by atoms with Crippen LogP contribution in [0.2, 0.25) is 55.9 Å². The third-order valence-electron chi connectivity index (χ3n) is 14.7. The maximum Gasteiger partial charge on any atom is 0.374 e. The molecule has 1 N–H and O–H groups in total. The van der Waals surface area contributed by atoms with E-state index in [1.54, 1.807) is 6.07 Å². The van der Waals surface area contributed by atoms with Crippen LogP contribution in [0.3, 0.4) is 0 Å². The molecule has 3 fully saturated rings. The molecular weight excluding hydrogens is 765 g/mol. The molecule has 14 heteroatoms. The van der Waals surface area contributed by atoms with Crippen LogP contribution in [0.25, 0.3) is 0 Å². The van der Waals surface area contributed by atoms with Crippen LogP contribution in [0.1, 0.15) is 99.6 Å². The van der Waals surface area contributed by atoms with E-state index in [0.717, 1.165) is 41.8 Å². The first-order valence-electron chi connectivity index (χ1n) is 21.1. The number of ether oxygens (including phenoxy) is 3. The van der Waals surface area contributed by atoms with E-state index in [9.17, 15) is 14.7 Å². The second-order valence-corrected chi connectivity index (χ2v) is 32.6. The Morgan fingerprint density at radius 2 is 1.48 bits per heavy atom. The normalized spacial score (nSPS) is 34.4. The van der Waals surface area contributed by atoms with Crippen LogP contribution in [-0.2, 0) is 37.1 Å². The van der Waals surface area contributed by atoms with Gasteiger partial charge in [-0.15, -0.1) is 0 Å². The fourth-order valence-electron chi connectivity index (χ4n) is 10.8. The lowest BCUT2D eigenvalue weighted by Gasteiger charge is -2.68. The molecule has 316 valence electrons. The van der Waals surface area contributed by atoms with Gasteiger partial charge in [-0.2, -0.15) is 0 Å². The lowest BCUT2D eigenvalue weighted by Crippen LogP contribution is -2.82. The van der Waals surface area contributed by atoms with Gasteiger partial charge in [0, 0.05) is 25.2 Å². The molecule has 1 aliphatic heterocycles. The summed E-state index contributed by atoms with van der Waals surface area (Å²) in [6.45, 7) is 28.2. The molecule has 0 radical (unpaired) electrons. The Morgan fingerprint density at radius 1 is 0.911 bits per heavy atom. The van der Waals surface area contributed by atoms with E-state index in [0.29, 0.717) is 5.57 Å². The molecule has 0 aromatic carbocycles. The third kappa shape index (κ3) is 7.23. The van der Waals surface area contributed by atoms with Crippen LogP contribution < -0.4 is 0 Å². The van der Waals surface area contributed by atoms with Gasteiger partial charge in [0.05, 0.1) is 36.4 Å². The first-order valence-corrected chi connectivity index (χ1v) is 29.6. The monoisotopic (exact) mass is 834 g/mol. The summed E-state index contributed by atoms with van der Waals surface area (Å²) in [4.78, 5) is 44.2. The molecule has 11 nitrogen and oxygen atoms in total. The summed E-state index contributed by atoms with van der Waals surface area (Å²) < 4.78 is 46.9. The van der Waals surface area contributed by atoms with E-state index in [2.05, 4.69) is 61.2 Å². The molecule has 56 heavy (non-hydrogen) atoms. The number of esters is 2. The van der Waals surface area contributed by atoms with Crippen LogP contribution in [0.5, 0.6) is 0 Å². The molecule has 1 aromatic heterocycles. The van der Waals surface area contributed by atoms with Gasteiger partial charge >= 0.3 is 11.9 Å². The average Bonchev–Trinajstić information content (AvgIpc) is 3.68. The summed E-state index contributed by atoms with van der Waals surface area (Å²) in [5, 5.41) is 14.0. The van der Waals surface area contributed by atoms with Gasteiger partial charge in [-0.25, -0.2) is 4.79 Å². The molecular formula is C42H70O11Si3. The standard InChI is InChI=1S/C42H70O11Si3/c1-15-55(16-2,17-3)52-31-24-32-41(26-48-32,50-28(8)43)35-37(49-38(45)29-22-21-23-47-29)42(46)25-30(51-54(12,13)14)27(7)33(39(42,9)10)34(36(44)40(31,35)11)53-56(18-4,19-5)20-6/h21-23,30-32,34-35,37,46H,15-20,24-26H2,1-14H3/t30-,31-,32+,34+,35?,37-,40+,41-,42+/m0/s1. The summed E-state index contributed by atoms with van der Waals surface area (Å²) >= 11 is 0. The van der Waals surface area contributed by atoms with Gasteiger partial charge in [0.15, 0.2) is 36.3 Å². The van der Waals surface area contributed by atoms with Crippen LogP contribution in [0.4, 0.5) is 0 Å².